The van der Waals surface area contributed by atoms with E-state index in [1.165, 1.54) is 193 Å². The van der Waals surface area contributed by atoms with Crippen molar-refractivity contribution < 1.29 is 28.6 Å². The van der Waals surface area contributed by atoms with Crippen molar-refractivity contribution in [1.82, 2.24) is 0 Å². The molecule has 0 aromatic carbocycles. The van der Waals surface area contributed by atoms with E-state index in [2.05, 4.69) is 81.5 Å². The minimum atomic E-state index is -0.801. The van der Waals surface area contributed by atoms with Gasteiger partial charge < -0.3 is 14.2 Å². The number of carbonyl (C=O) groups excluding carboxylic acids is 3. The first-order valence-corrected chi connectivity index (χ1v) is 30.8. The molecule has 0 heterocycles. The molecule has 6 nitrogen and oxygen atoms in total. The Hall–Kier alpha value is -2.89. The molecule has 412 valence electrons. The van der Waals surface area contributed by atoms with E-state index in [1.807, 2.05) is 0 Å². The Morgan fingerprint density at radius 2 is 0.549 bits per heavy atom. The summed E-state index contributed by atoms with van der Waals surface area (Å²) >= 11 is 0. The van der Waals surface area contributed by atoms with Crippen LogP contribution in [0.3, 0.4) is 0 Å². The van der Waals surface area contributed by atoms with Crippen LogP contribution >= 0.6 is 0 Å². The molecule has 6 heteroatoms. The van der Waals surface area contributed by atoms with E-state index >= 15 is 0 Å². The van der Waals surface area contributed by atoms with Gasteiger partial charge in [-0.05, 0) is 57.8 Å². The van der Waals surface area contributed by atoms with E-state index in [0.717, 1.165) is 77.0 Å². The van der Waals surface area contributed by atoms with E-state index in [9.17, 15) is 14.4 Å². The Balaban J connectivity index is 4.38. The fourth-order valence-electron chi connectivity index (χ4n) is 8.95. The van der Waals surface area contributed by atoms with Crippen molar-refractivity contribution in [2.24, 2.45) is 0 Å². The summed E-state index contributed by atoms with van der Waals surface area (Å²) in [5, 5.41) is 0. The van der Waals surface area contributed by atoms with Crippen molar-refractivity contribution in [1.29, 1.82) is 0 Å². The predicted molar refractivity (Wildman–Crippen MR) is 307 cm³/mol. The molecule has 0 aromatic heterocycles. The van der Waals surface area contributed by atoms with Crippen molar-refractivity contribution in [3.63, 3.8) is 0 Å². The van der Waals surface area contributed by atoms with Crippen LogP contribution in [0, 0.1) is 0 Å². The smallest absolute Gasteiger partial charge is 0.306 e. The molecule has 0 fully saturated rings. The molecular formula is C65H116O6. The van der Waals surface area contributed by atoms with Gasteiger partial charge in [-0.25, -0.2) is 0 Å². The van der Waals surface area contributed by atoms with Gasteiger partial charge in [0.1, 0.15) is 13.2 Å². The van der Waals surface area contributed by atoms with Gasteiger partial charge in [-0.2, -0.15) is 0 Å². The summed E-state index contributed by atoms with van der Waals surface area (Å²) in [5.74, 6) is -0.933. The lowest BCUT2D eigenvalue weighted by Crippen LogP contribution is -2.30. The molecule has 0 amide bonds. The van der Waals surface area contributed by atoms with Crippen LogP contribution in [0.4, 0.5) is 0 Å². The highest BCUT2D eigenvalue weighted by Crippen LogP contribution is 2.17. The summed E-state index contributed by atoms with van der Waals surface area (Å²) in [6.07, 6.45) is 75.2. The maximum atomic E-state index is 12.9. The first-order valence-electron chi connectivity index (χ1n) is 30.8. The van der Waals surface area contributed by atoms with Crippen LogP contribution in [-0.2, 0) is 28.6 Å². The van der Waals surface area contributed by atoms with E-state index in [-0.39, 0.29) is 37.5 Å². The molecule has 1 atom stereocenters. The third-order valence-corrected chi connectivity index (χ3v) is 13.5. The van der Waals surface area contributed by atoms with Gasteiger partial charge in [-0.15, -0.1) is 0 Å². The topological polar surface area (TPSA) is 78.9 Å². The zero-order chi connectivity index (χ0) is 51.4. The van der Waals surface area contributed by atoms with E-state index < -0.39 is 6.10 Å². The molecule has 0 aliphatic heterocycles. The van der Waals surface area contributed by atoms with Gasteiger partial charge >= 0.3 is 17.9 Å². The second-order valence-electron chi connectivity index (χ2n) is 20.6. The molecule has 0 rings (SSSR count). The lowest BCUT2D eigenvalue weighted by molar-refractivity contribution is -0.167. The average molecular weight is 994 g/mol. The monoisotopic (exact) mass is 993 g/mol. The molecule has 0 bridgehead atoms. The summed E-state index contributed by atoms with van der Waals surface area (Å²) in [7, 11) is 0. The third-order valence-electron chi connectivity index (χ3n) is 13.5. The average Bonchev–Trinajstić information content (AvgIpc) is 3.37. The lowest BCUT2D eigenvalue weighted by atomic mass is 10.0. The van der Waals surface area contributed by atoms with Gasteiger partial charge in [0.05, 0.1) is 0 Å². The third kappa shape index (κ3) is 57.9. The zero-order valence-corrected chi connectivity index (χ0v) is 47.2. The van der Waals surface area contributed by atoms with Gasteiger partial charge in [-0.3, -0.25) is 14.4 Å². The SMILES string of the molecule is CC/C=C\C/C=C\C/C=C\C/C=C\C/C=C\CCCC(=O)OC(COC(=O)CCCCCCCCCCCCCCCCC)COC(=O)CCCCCCCCCCCCCCCCCCCCCCC. The zero-order valence-electron chi connectivity index (χ0n) is 47.2. The summed E-state index contributed by atoms with van der Waals surface area (Å²) in [6, 6.07) is 0. The van der Waals surface area contributed by atoms with Crippen LogP contribution in [0.1, 0.15) is 316 Å². The molecule has 0 aliphatic rings. The van der Waals surface area contributed by atoms with Crippen LogP contribution in [-0.4, -0.2) is 37.2 Å². The highest BCUT2D eigenvalue weighted by Gasteiger charge is 2.19. The molecule has 0 spiro atoms. The normalized spacial score (nSPS) is 12.4. The quantitative estimate of drug-likeness (QED) is 0.0261. The molecule has 0 saturated heterocycles. The van der Waals surface area contributed by atoms with Crippen molar-refractivity contribution >= 4 is 17.9 Å². The van der Waals surface area contributed by atoms with E-state index in [0.29, 0.717) is 19.3 Å². The number of unbranched alkanes of at least 4 members (excludes halogenated alkanes) is 35. The Kier molecular flexibility index (Phi) is 57.2. The Bertz CT molecular complexity index is 1280. The minimum absolute atomic E-state index is 0.0924. The molecule has 0 saturated carbocycles. The van der Waals surface area contributed by atoms with Gasteiger partial charge in [0.15, 0.2) is 6.10 Å². The number of rotatable bonds is 56. The van der Waals surface area contributed by atoms with Crippen LogP contribution in [0.25, 0.3) is 0 Å². The summed E-state index contributed by atoms with van der Waals surface area (Å²) in [5.41, 5.74) is 0. The van der Waals surface area contributed by atoms with Crippen LogP contribution in [0.2, 0.25) is 0 Å². The van der Waals surface area contributed by atoms with Crippen LogP contribution < -0.4 is 0 Å². The lowest BCUT2D eigenvalue weighted by Gasteiger charge is -2.18. The number of hydrogen-bond acceptors (Lipinski definition) is 6. The Labute approximate surface area is 440 Å². The highest BCUT2D eigenvalue weighted by atomic mass is 16.6. The maximum Gasteiger partial charge on any atom is 0.306 e. The van der Waals surface area contributed by atoms with Crippen molar-refractivity contribution in [2.45, 2.75) is 322 Å². The first kappa shape index (κ1) is 68.1. The van der Waals surface area contributed by atoms with E-state index in [4.69, 9.17) is 14.2 Å². The van der Waals surface area contributed by atoms with Gasteiger partial charge in [0.2, 0.25) is 0 Å². The molecule has 1 unspecified atom stereocenters. The molecule has 0 N–H and O–H groups in total. The van der Waals surface area contributed by atoms with Crippen LogP contribution in [0.15, 0.2) is 60.8 Å². The fraction of sp³-hybridized carbons (Fsp3) is 0.800. The second kappa shape index (κ2) is 59.7. The largest absolute Gasteiger partial charge is 0.462 e. The van der Waals surface area contributed by atoms with Crippen molar-refractivity contribution in [2.75, 3.05) is 13.2 Å². The van der Waals surface area contributed by atoms with Gasteiger partial charge in [0, 0.05) is 19.3 Å². The first-order chi connectivity index (χ1) is 35.0. The number of ether oxygens (including phenoxy) is 3. The molecule has 0 radical (unpaired) electrons. The Morgan fingerprint density at radius 1 is 0.296 bits per heavy atom. The second-order valence-corrected chi connectivity index (χ2v) is 20.6. The van der Waals surface area contributed by atoms with Crippen LogP contribution in [0.5, 0.6) is 0 Å². The molecular weight excluding hydrogens is 877 g/mol. The van der Waals surface area contributed by atoms with E-state index in [1.54, 1.807) is 0 Å². The summed E-state index contributed by atoms with van der Waals surface area (Å²) in [6.45, 7) is 6.53. The maximum absolute atomic E-state index is 12.9. The summed E-state index contributed by atoms with van der Waals surface area (Å²) in [4.78, 5) is 38.2. The minimum Gasteiger partial charge on any atom is -0.462 e. The number of allylic oxidation sites excluding steroid dienone is 10. The number of hydrogen-bond donors (Lipinski definition) is 0. The molecule has 71 heavy (non-hydrogen) atoms. The standard InChI is InChI=1S/C65H116O6/c1-4-7-10-13-16-19-22-25-28-30-31-32-33-35-37-40-43-46-49-52-55-58-64(67)70-61-62(60-69-63(66)57-54-51-48-45-42-39-36-27-24-21-18-15-12-9-6-3)71-65(68)59-56-53-50-47-44-41-38-34-29-26-23-20-17-14-11-8-5-2/h8,11,17,20,26,29,38,41,47,50,62H,4-7,9-10,12-16,18-19,21-25,27-28,30-37,39-40,42-46,48-49,51-61H2,1-3H3/b11-8-,20-17-,29-26-,41-38-,50-47-. The van der Waals surface area contributed by atoms with Crippen molar-refractivity contribution in [3.05, 3.63) is 60.8 Å². The number of carbonyl (C=O) groups is 3. The highest BCUT2D eigenvalue weighted by molar-refractivity contribution is 5.71. The summed E-state index contributed by atoms with van der Waals surface area (Å²) < 4.78 is 16.9. The predicted octanol–water partition coefficient (Wildman–Crippen LogP) is 20.8. The molecule has 0 aromatic rings. The molecule has 0 aliphatic carbocycles. The number of esters is 3. The van der Waals surface area contributed by atoms with Gasteiger partial charge in [0.25, 0.3) is 0 Å². The Morgan fingerprint density at radius 3 is 0.845 bits per heavy atom. The fourth-order valence-corrected chi connectivity index (χ4v) is 8.95. The van der Waals surface area contributed by atoms with Gasteiger partial charge in [-0.1, -0.05) is 300 Å². The van der Waals surface area contributed by atoms with Crippen molar-refractivity contribution in [3.8, 4) is 0 Å².